The predicted octanol–water partition coefficient (Wildman–Crippen LogP) is 1.63. The van der Waals surface area contributed by atoms with Gasteiger partial charge in [0, 0.05) is 13.6 Å². The average Bonchev–Trinajstić information content (AvgIpc) is 2.46. The number of fused-ring (bicyclic) bond motifs is 1. The number of carbonyl (C=O) groups is 1. The lowest BCUT2D eigenvalue weighted by atomic mass is 10.1. The summed E-state index contributed by atoms with van der Waals surface area (Å²) in [5.74, 6) is 0.372. The van der Waals surface area contributed by atoms with Gasteiger partial charge in [-0.1, -0.05) is 18.2 Å². The van der Waals surface area contributed by atoms with Gasteiger partial charge in [0.2, 0.25) is 0 Å². The largest absolute Gasteiger partial charge is 0.382 e. The highest BCUT2D eigenvalue weighted by molar-refractivity contribution is 5.94. The zero-order valence-electron chi connectivity index (χ0n) is 11.2. The number of benzene rings is 1. The Morgan fingerprint density at radius 3 is 2.80 bits per heavy atom. The van der Waals surface area contributed by atoms with Gasteiger partial charge in [-0.3, -0.25) is 9.88 Å². The minimum absolute atomic E-state index is 0.0395. The molecule has 20 heavy (non-hydrogen) atoms. The molecule has 1 aromatic heterocycles. The highest BCUT2D eigenvalue weighted by Crippen LogP contribution is 2.28. The Balaban J connectivity index is 1.95. The van der Waals surface area contributed by atoms with Gasteiger partial charge in [0.25, 0.3) is 0 Å². The van der Waals surface area contributed by atoms with Crippen molar-refractivity contribution in [1.29, 1.82) is 0 Å². The third kappa shape index (κ3) is 2.16. The third-order valence-electron chi connectivity index (χ3n) is 3.29. The fraction of sp³-hybridized carbons (Fsp3) is 0.214. The molecule has 0 saturated heterocycles. The maximum atomic E-state index is 12.3. The normalized spacial score (nSPS) is 14.3. The van der Waals surface area contributed by atoms with E-state index in [0.717, 1.165) is 11.3 Å². The van der Waals surface area contributed by atoms with Crippen molar-refractivity contribution in [2.24, 2.45) is 0 Å². The van der Waals surface area contributed by atoms with E-state index < -0.39 is 0 Å². The fourth-order valence-corrected chi connectivity index (χ4v) is 2.30. The molecule has 2 aromatic rings. The molecule has 0 saturated carbocycles. The van der Waals surface area contributed by atoms with Gasteiger partial charge in [0.05, 0.1) is 30.3 Å². The van der Waals surface area contributed by atoms with E-state index in [1.807, 2.05) is 24.3 Å². The smallest absolute Gasteiger partial charge is 0.324 e. The Kier molecular flexibility index (Phi) is 2.98. The van der Waals surface area contributed by atoms with Crippen LogP contribution in [0.1, 0.15) is 11.3 Å². The molecule has 2 amide bonds. The SMILES string of the molecule is CN1Cc2ccccc2N(Cc2cnc(N)cn2)C1=O. The maximum absolute atomic E-state index is 12.3. The van der Waals surface area contributed by atoms with Gasteiger partial charge in [0.1, 0.15) is 5.82 Å². The monoisotopic (exact) mass is 269 g/mol. The molecule has 6 heteroatoms. The van der Waals surface area contributed by atoms with Crippen molar-refractivity contribution >= 4 is 17.5 Å². The van der Waals surface area contributed by atoms with Gasteiger partial charge in [-0.05, 0) is 11.6 Å². The first-order chi connectivity index (χ1) is 9.65. The van der Waals surface area contributed by atoms with Gasteiger partial charge in [0.15, 0.2) is 0 Å². The van der Waals surface area contributed by atoms with Crippen molar-refractivity contribution in [3.63, 3.8) is 0 Å². The molecule has 0 fully saturated rings. The summed E-state index contributed by atoms with van der Waals surface area (Å²) in [5.41, 5.74) is 8.28. The summed E-state index contributed by atoms with van der Waals surface area (Å²) in [4.78, 5) is 23.9. The third-order valence-corrected chi connectivity index (χ3v) is 3.29. The molecule has 0 atom stereocenters. The number of para-hydroxylation sites is 1. The second-order valence-corrected chi connectivity index (χ2v) is 4.79. The molecular weight excluding hydrogens is 254 g/mol. The van der Waals surface area contributed by atoms with E-state index in [2.05, 4.69) is 9.97 Å². The lowest BCUT2D eigenvalue weighted by molar-refractivity contribution is 0.210. The minimum atomic E-state index is -0.0395. The van der Waals surface area contributed by atoms with Crippen molar-refractivity contribution in [2.45, 2.75) is 13.1 Å². The summed E-state index contributed by atoms with van der Waals surface area (Å²) in [6.07, 6.45) is 3.10. The summed E-state index contributed by atoms with van der Waals surface area (Å²) < 4.78 is 0. The number of urea groups is 1. The number of amides is 2. The lowest BCUT2D eigenvalue weighted by Crippen LogP contribution is -2.44. The molecule has 102 valence electrons. The molecule has 0 aliphatic carbocycles. The first kappa shape index (κ1) is 12.4. The Morgan fingerprint density at radius 2 is 2.05 bits per heavy atom. The van der Waals surface area contributed by atoms with Crippen LogP contribution in [-0.4, -0.2) is 27.9 Å². The number of anilines is 2. The molecule has 6 nitrogen and oxygen atoms in total. The number of aromatic nitrogens is 2. The minimum Gasteiger partial charge on any atom is -0.382 e. The van der Waals surface area contributed by atoms with Crippen LogP contribution in [0.25, 0.3) is 0 Å². The quantitative estimate of drug-likeness (QED) is 0.899. The number of hydrogen-bond donors (Lipinski definition) is 1. The van der Waals surface area contributed by atoms with Gasteiger partial charge < -0.3 is 10.6 Å². The van der Waals surface area contributed by atoms with E-state index in [0.29, 0.717) is 24.6 Å². The molecule has 2 N–H and O–H groups in total. The number of hydrogen-bond acceptors (Lipinski definition) is 4. The lowest BCUT2D eigenvalue weighted by Gasteiger charge is -2.34. The number of carbonyl (C=O) groups excluding carboxylic acids is 1. The zero-order valence-corrected chi connectivity index (χ0v) is 11.2. The van der Waals surface area contributed by atoms with Gasteiger partial charge in [-0.25, -0.2) is 9.78 Å². The Hall–Kier alpha value is -2.63. The number of nitrogen functional groups attached to an aromatic ring is 1. The highest BCUT2D eigenvalue weighted by atomic mass is 16.2. The van der Waals surface area contributed by atoms with E-state index in [4.69, 9.17) is 5.73 Å². The summed E-state index contributed by atoms with van der Waals surface area (Å²) in [6.45, 7) is 1.01. The fourth-order valence-electron chi connectivity index (χ4n) is 2.30. The molecule has 0 radical (unpaired) electrons. The summed E-state index contributed by atoms with van der Waals surface area (Å²) >= 11 is 0. The molecule has 0 spiro atoms. The van der Waals surface area contributed by atoms with Crippen LogP contribution in [0.5, 0.6) is 0 Å². The molecule has 1 aliphatic heterocycles. The Bertz CT molecular complexity index is 640. The molecule has 0 unspecified atom stereocenters. The summed E-state index contributed by atoms with van der Waals surface area (Å²) in [5, 5.41) is 0. The first-order valence-corrected chi connectivity index (χ1v) is 6.32. The Labute approximate surface area is 116 Å². The van der Waals surface area contributed by atoms with Crippen LogP contribution < -0.4 is 10.6 Å². The average molecular weight is 269 g/mol. The molecule has 2 heterocycles. The van der Waals surface area contributed by atoms with Gasteiger partial charge >= 0.3 is 6.03 Å². The van der Waals surface area contributed by atoms with Crippen molar-refractivity contribution in [1.82, 2.24) is 14.9 Å². The van der Waals surface area contributed by atoms with E-state index >= 15 is 0 Å². The summed E-state index contributed by atoms with van der Waals surface area (Å²) in [7, 11) is 1.79. The standard InChI is InChI=1S/C14H15N5O/c1-18-8-10-4-2-3-5-12(10)19(14(18)20)9-11-6-17-13(15)7-16-11/h2-7H,8-9H2,1H3,(H2,15,17). The molecule has 0 bridgehead atoms. The van der Waals surface area contributed by atoms with Crippen LogP contribution in [0, 0.1) is 0 Å². The van der Waals surface area contributed by atoms with Crippen LogP contribution in [0.2, 0.25) is 0 Å². The Morgan fingerprint density at radius 1 is 1.25 bits per heavy atom. The van der Waals surface area contributed by atoms with Crippen LogP contribution in [0.4, 0.5) is 16.3 Å². The topological polar surface area (TPSA) is 75.3 Å². The second-order valence-electron chi connectivity index (χ2n) is 4.79. The molecule has 3 rings (SSSR count). The highest BCUT2D eigenvalue weighted by Gasteiger charge is 2.27. The van der Waals surface area contributed by atoms with E-state index in [1.165, 1.54) is 6.20 Å². The van der Waals surface area contributed by atoms with E-state index in [9.17, 15) is 4.79 Å². The van der Waals surface area contributed by atoms with E-state index in [-0.39, 0.29) is 6.03 Å². The van der Waals surface area contributed by atoms with Crippen LogP contribution >= 0.6 is 0 Å². The predicted molar refractivity (Wildman–Crippen MR) is 75.9 cm³/mol. The van der Waals surface area contributed by atoms with Crippen molar-refractivity contribution in [3.8, 4) is 0 Å². The van der Waals surface area contributed by atoms with E-state index in [1.54, 1.807) is 23.0 Å². The van der Waals surface area contributed by atoms with Gasteiger partial charge in [-0.2, -0.15) is 0 Å². The van der Waals surface area contributed by atoms with Crippen LogP contribution in [0.15, 0.2) is 36.7 Å². The second kappa shape index (κ2) is 4.80. The summed E-state index contributed by atoms with van der Waals surface area (Å²) in [6, 6.07) is 7.84. The number of rotatable bonds is 2. The molecule has 1 aliphatic rings. The van der Waals surface area contributed by atoms with Crippen molar-refractivity contribution in [2.75, 3.05) is 17.7 Å². The zero-order chi connectivity index (χ0) is 14.1. The first-order valence-electron chi connectivity index (χ1n) is 6.32. The van der Waals surface area contributed by atoms with Crippen LogP contribution in [0.3, 0.4) is 0 Å². The van der Waals surface area contributed by atoms with Gasteiger partial charge in [-0.15, -0.1) is 0 Å². The van der Waals surface area contributed by atoms with Crippen molar-refractivity contribution < 1.29 is 4.79 Å². The van der Waals surface area contributed by atoms with Crippen LogP contribution in [-0.2, 0) is 13.1 Å². The maximum Gasteiger partial charge on any atom is 0.324 e. The molecule has 1 aromatic carbocycles. The number of nitrogens with zero attached hydrogens (tertiary/aromatic N) is 4. The van der Waals surface area contributed by atoms with Crippen molar-refractivity contribution in [3.05, 3.63) is 47.9 Å². The number of nitrogens with two attached hydrogens (primary N) is 1. The molecular formula is C14H15N5O.